The lowest BCUT2D eigenvalue weighted by Crippen LogP contribution is -2.50. The molecule has 0 unspecified atom stereocenters. The van der Waals surface area contributed by atoms with E-state index in [1.54, 1.807) is 24.3 Å². The summed E-state index contributed by atoms with van der Waals surface area (Å²) in [5.41, 5.74) is 7.60. The highest BCUT2D eigenvalue weighted by molar-refractivity contribution is 5.35. The standard InChI is InChI=1S/C13H15F2NO/c14-11(15)17-10-3-1-9(2-4-10)13(16)7-12(8-13)5-6-12/h1-4,11H,5-8,16H2. The summed E-state index contributed by atoms with van der Waals surface area (Å²) in [6.07, 6.45) is 4.63. The van der Waals surface area contributed by atoms with Crippen LogP contribution in [0, 0.1) is 5.41 Å². The lowest BCUT2D eigenvalue weighted by molar-refractivity contribution is -0.0498. The van der Waals surface area contributed by atoms with E-state index < -0.39 is 6.61 Å². The summed E-state index contributed by atoms with van der Waals surface area (Å²) in [5.74, 6) is 0.188. The van der Waals surface area contributed by atoms with Crippen LogP contribution in [0.5, 0.6) is 5.75 Å². The fraction of sp³-hybridized carbons (Fsp3) is 0.538. The second kappa shape index (κ2) is 3.42. The van der Waals surface area contributed by atoms with E-state index in [9.17, 15) is 8.78 Å². The molecule has 2 aliphatic rings. The van der Waals surface area contributed by atoms with Crippen LogP contribution in [0.2, 0.25) is 0 Å². The second-order valence-electron chi connectivity index (χ2n) is 5.41. The van der Waals surface area contributed by atoms with Crippen molar-refractivity contribution in [3.8, 4) is 5.75 Å². The molecule has 0 saturated heterocycles. The first-order valence-corrected chi connectivity index (χ1v) is 5.86. The van der Waals surface area contributed by atoms with Crippen LogP contribution in [0.15, 0.2) is 24.3 Å². The highest BCUT2D eigenvalue weighted by Crippen LogP contribution is 2.66. The molecule has 2 aliphatic carbocycles. The zero-order valence-electron chi connectivity index (χ0n) is 9.46. The average Bonchev–Trinajstić information content (AvgIpc) is 2.97. The lowest BCUT2D eigenvalue weighted by Gasteiger charge is -2.46. The zero-order valence-corrected chi connectivity index (χ0v) is 9.46. The van der Waals surface area contributed by atoms with Crippen molar-refractivity contribution in [2.75, 3.05) is 0 Å². The van der Waals surface area contributed by atoms with Gasteiger partial charge in [0.05, 0.1) is 0 Å². The normalized spacial score (nSPS) is 23.5. The molecular weight excluding hydrogens is 224 g/mol. The Morgan fingerprint density at radius 2 is 1.71 bits per heavy atom. The molecule has 0 amide bonds. The Morgan fingerprint density at radius 1 is 1.12 bits per heavy atom. The maximum Gasteiger partial charge on any atom is 0.387 e. The molecule has 4 heteroatoms. The van der Waals surface area contributed by atoms with Crippen molar-refractivity contribution in [3.63, 3.8) is 0 Å². The minimum absolute atomic E-state index is 0.188. The first-order chi connectivity index (χ1) is 8.01. The molecule has 1 aromatic carbocycles. The Kier molecular flexibility index (Phi) is 2.20. The van der Waals surface area contributed by atoms with Crippen molar-refractivity contribution in [1.82, 2.24) is 0 Å². The molecule has 0 aliphatic heterocycles. The fourth-order valence-corrected chi connectivity index (χ4v) is 2.99. The molecule has 2 fully saturated rings. The van der Waals surface area contributed by atoms with Crippen molar-refractivity contribution in [2.24, 2.45) is 11.1 Å². The quantitative estimate of drug-likeness (QED) is 0.880. The van der Waals surface area contributed by atoms with Gasteiger partial charge in [-0.25, -0.2) is 0 Å². The summed E-state index contributed by atoms with van der Waals surface area (Å²) in [7, 11) is 0. The number of nitrogens with two attached hydrogens (primary N) is 1. The van der Waals surface area contributed by atoms with Gasteiger partial charge in [0.2, 0.25) is 0 Å². The van der Waals surface area contributed by atoms with Crippen LogP contribution < -0.4 is 10.5 Å². The Balaban J connectivity index is 1.72. The third kappa shape index (κ3) is 1.90. The number of halogens is 2. The molecule has 2 nitrogen and oxygen atoms in total. The van der Waals surface area contributed by atoms with Gasteiger partial charge in [-0.3, -0.25) is 0 Å². The molecular formula is C13H15F2NO. The van der Waals surface area contributed by atoms with Crippen LogP contribution in [-0.2, 0) is 5.54 Å². The predicted molar refractivity (Wildman–Crippen MR) is 59.8 cm³/mol. The molecule has 92 valence electrons. The van der Waals surface area contributed by atoms with E-state index in [0.717, 1.165) is 18.4 Å². The molecule has 0 atom stereocenters. The van der Waals surface area contributed by atoms with Gasteiger partial charge in [0.25, 0.3) is 0 Å². The molecule has 1 aromatic rings. The van der Waals surface area contributed by atoms with Gasteiger partial charge >= 0.3 is 6.61 Å². The minimum Gasteiger partial charge on any atom is -0.435 e. The number of benzene rings is 1. The Bertz CT molecular complexity index is 418. The van der Waals surface area contributed by atoms with Gasteiger partial charge in [0.15, 0.2) is 0 Å². The second-order valence-corrected chi connectivity index (χ2v) is 5.41. The predicted octanol–water partition coefficient (Wildman–Crippen LogP) is 3.02. The molecule has 0 heterocycles. The third-order valence-electron chi connectivity index (χ3n) is 3.99. The third-order valence-corrected chi connectivity index (χ3v) is 3.99. The molecule has 0 aromatic heterocycles. The van der Waals surface area contributed by atoms with Gasteiger partial charge in [0.1, 0.15) is 5.75 Å². The topological polar surface area (TPSA) is 35.2 Å². The summed E-state index contributed by atoms with van der Waals surface area (Å²) in [6, 6.07) is 6.72. The van der Waals surface area contributed by atoms with Crippen molar-refractivity contribution in [1.29, 1.82) is 0 Å². The van der Waals surface area contributed by atoms with E-state index in [-0.39, 0.29) is 11.3 Å². The van der Waals surface area contributed by atoms with Crippen molar-refractivity contribution >= 4 is 0 Å². The van der Waals surface area contributed by atoms with Crippen LogP contribution in [0.4, 0.5) is 8.78 Å². The molecule has 3 rings (SSSR count). The summed E-state index contributed by atoms with van der Waals surface area (Å²) < 4.78 is 28.3. The van der Waals surface area contributed by atoms with Crippen LogP contribution in [0.1, 0.15) is 31.2 Å². The number of alkyl halides is 2. The average molecular weight is 239 g/mol. The van der Waals surface area contributed by atoms with Gasteiger partial charge < -0.3 is 10.5 Å². The van der Waals surface area contributed by atoms with Crippen molar-refractivity contribution in [2.45, 2.75) is 37.8 Å². The van der Waals surface area contributed by atoms with Crippen LogP contribution in [0.3, 0.4) is 0 Å². The summed E-state index contributed by atoms with van der Waals surface area (Å²) in [6.45, 7) is -2.77. The monoisotopic (exact) mass is 239 g/mol. The van der Waals surface area contributed by atoms with Gasteiger partial charge in [-0.1, -0.05) is 12.1 Å². The van der Waals surface area contributed by atoms with Crippen LogP contribution >= 0.6 is 0 Å². The summed E-state index contributed by atoms with van der Waals surface area (Å²) >= 11 is 0. The largest absolute Gasteiger partial charge is 0.435 e. The van der Waals surface area contributed by atoms with E-state index in [1.165, 1.54) is 12.8 Å². The van der Waals surface area contributed by atoms with Gasteiger partial charge in [0, 0.05) is 5.54 Å². The smallest absolute Gasteiger partial charge is 0.387 e. The van der Waals surface area contributed by atoms with Crippen LogP contribution in [-0.4, -0.2) is 6.61 Å². The zero-order chi connectivity index (χ0) is 12.1. The summed E-state index contributed by atoms with van der Waals surface area (Å²) in [5, 5.41) is 0. The highest BCUT2D eigenvalue weighted by atomic mass is 19.3. The first kappa shape index (κ1) is 11.0. The van der Waals surface area contributed by atoms with Gasteiger partial charge in [-0.15, -0.1) is 0 Å². The van der Waals surface area contributed by atoms with E-state index >= 15 is 0 Å². The highest BCUT2D eigenvalue weighted by Gasteiger charge is 2.59. The Morgan fingerprint density at radius 3 is 2.18 bits per heavy atom. The van der Waals surface area contributed by atoms with E-state index in [4.69, 9.17) is 5.73 Å². The van der Waals surface area contributed by atoms with E-state index in [0.29, 0.717) is 5.41 Å². The van der Waals surface area contributed by atoms with Gasteiger partial charge in [-0.2, -0.15) is 8.78 Å². The van der Waals surface area contributed by atoms with E-state index in [1.807, 2.05) is 0 Å². The Labute approximate surface area is 98.8 Å². The van der Waals surface area contributed by atoms with E-state index in [2.05, 4.69) is 4.74 Å². The molecule has 0 bridgehead atoms. The maximum atomic E-state index is 12.0. The number of hydrogen-bond donors (Lipinski definition) is 1. The first-order valence-electron chi connectivity index (χ1n) is 5.86. The fourth-order valence-electron chi connectivity index (χ4n) is 2.99. The molecule has 2 saturated carbocycles. The Hall–Kier alpha value is -1.16. The number of hydrogen-bond acceptors (Lipinski definition) is 2. The lowest BCUT2D eigenvalue weighted by atomic mass is 9.63. The van der Waals surface area contributed by atoms with Gasteiger partial charge in [-0.05, 0) is 48.8 Å². The molecule has 0 radical (unpaired) electrons. The number of ether oxygens (including phenoxy) is 1. The molecule has 17 heavy (non-hydrogen) atoms. The SMILES string of the molecule is NC1(c2ccc(OC(F)F)cc2)CC2(CC2)C1. The number of rotatable bonds is 3. The molecule has 2 N–H and O–H groups in total. The maximum absolute atomic E-state index is 12.0. The molecule has 1 spiro atoms. The van der Waals surface area contributed by atoms with Crippen molar-refractivity contribution < 1.29 is 13.5 Å². The minimum atomic E-state index is -2.77. The van der Waals surface area contributed by atoms with Crippen molar-refractivity contribution in [3.05, 3.63) is 29.8 Å². The van der Waals surface area contributed by atoms with Crippen LogP contribution in [0.25, 0.3) is 0 Å². The summed E-state index contributed by atoms with van der Waals surface area (Å²) in [4.78, 5) is 0.